The van der Waals surface area contributed by atoms with E-state index in [4.69, 9.17) is 10.9 Å². The molecule has 0 spiro atoms. The SMILES string of the molecule is Cc1ccccc1S(=O)(=O)N(N)c1ncc(CCO)s1. The Morgan fingerprint density at radius 1 is 1.40 bits per heavy atom. The Kier molecular flexibility index (Phi) is 4.39. The zero-order chi connectivity index (χ0) is 14.8. The quantitative estimate of drug-likeness (QED) is 0.635. The van der Waals surface area contributed by atoms with Gasteiger partial charge in [-0.2, -0.15) is 12.8 Å². The van der Waals surface area contributed by atoms with Gasteiger partial charge < -0.3 is 5.11 Å². The van der Waals surface area contributed by atoms with E-state index in [0.717, 1.165) is 16.2 Å². The highest BCUT2D eigenvalue weighted by atomic mass is 32.2. The van der Waals surface area contributed by atoms with Crippen LogP contribution in [-0.4, -0.2) is 25.1 Å². The van der Waals surface area contributed by atoms with Gasteiger partial charge >= 0.3 is 0 Å². The van der Waals surface area contributed by atoms with Crippen LogP contribution < -0.4 is 10.3 Å². The predicted molar refractivity (Wildman–Crippen MR) is 77.9 cm³/mol. The van der Waals surface area contributed by atoms with Crippen LogP contribution in [-0.2, 0) is 16.4 Å². The number of aliphatic hydroxyl groups is 1. The zero-order valence-corrected chi connectivity index (χ0v) is 12.5. The van der Waals surface area contributed by atoms with Gasteiger partial charge in [0.15, 0.2) is 0 Å². The Hall–Kier alpha value is -1.48. The molecule has 0 aliphatic heterocycles. The van der Waals surface area contributed by atoms with E-state index in [9.17, 15) is 8.42 Å². The van der Waals surface area contributed by atoms with Crippen LogP contribution in [0.25, 0.3) is 0 Å². The Labute approximate surface area is 121 Å². The Bertz CT molecular complexity index is 697. The van der Waals surface area contributed by atoms with Gasteiger partial charge in [0.05, 0.1) is 4.90 Å². The molecule has 20 heavy (non-hydrogen) atoms. The molecule has 0 bridgehead atoms. The number of benzene rings is 1. The first kappa shape index (κ1) is 14.9. The molecule has 108 valence electrons. The number of anilines is 1. The van der Waals surface area contributed by atoms with Gasteiger partial charge in [0.2, 0.25) is 5.13 Å². The van der Waals surface area contributed by atoms with Crippen LogP contribution in [0.15, 0.2) is 35.4 Å². The molecule has 3 N–H and O–H groups in total. The fourth-order valence-corrected chi connectivity index (χ4v) is 4.00. The van der Waals surface area contributed by atoms with Crippen LogP contribution in [0.4, 0.5) is 5.13 Å². The lowest BCUT2D eigenvalue weighted by atomic mass is 10.2. The average Bonchev–Trinajstić information content (AvgIpc) is 2.87. The standard InChI is InChI=1S/C12H15N3O3S2/c1-9-4-2-3-5-11(9)20(17,18)15(13)12-14-8-10(19-12)6-7-16/h2-5,8,16H,6-7,13H2,1H3. The van der Waals surface area contributed by atoms with Crippen molar-refractivity contribution in [3.8, 4) is 0 Å². The molecule has 8 heteroatoms. The molecule has 0 atom stereocenters. The van der Waals surface area contributed by atoms with Crippen molar-refractivity contribution in [1.29, 1.82) is 0 Å². The Balaban J connectivity index is 2.36. The second kappa shape index (κ2) is 5.88. The summed E-state index contributed by atoms with van der Waals surface area (Å²) in [4.78, 5) is 4.92. The van der Waals surface area contributed by atoms with E-state index >= 15 is 0 Å². The minimum Gasteiger partial charge on any atom is -0.396 e. The molecule has 6 nitrogen and oxygen atoms in total. The molecule has 2 rings (SSSR count). The highest BCUT2D eigenvalue weighted by Crippen LogP contribution is 2.26. The number of hydrogen-bond donors (Lipinski definition) is 2. The fraction of sp³-hybridized carbons (Fsp3) is 0.250. The summed E-state index contributed by atoms with van der Waals surface area (Å²) in [6.07, 6.45) is 1.94. The van der Waals surface area contributed by atoms with Gasteiger partial charge in [-0.25, -0.2) is 10.8 Å². The number of hydrazine groups is 1. The topological polar surface area (TPSA) is 96.5 Å². The first-order chi connectivity index (χ1) is 9.46. The maximum absolute atomic E-state index is 12.4. The van der Waals surface area contributed by atoms with Gasteiger partial charge in [-0.15, -0.1) is 0 Å². The maximum Gasteiger partial charge on any atom is 0.279 e. The molecule has 1 aromatic heterocycles. The maximum atomic E-state index is 12.4. The van der Waals surface area contributed by atoms with Gasteiger partial charge in [-0.3, -0.25) is 0 Å². The number of rotatable bonds is 5. The highest BCUT2D eigenvalue weighted by Gasteiger charge is 2.25. The monoisotopic (exact) mass is 313 g/mol. The molecule has 0 radical (unpaired) electrons. The molecule has 0 aliphatic carbocycles. The molecule has 0 fully saturated rings. The third kappa shape index (κ3) is 2.83. The van der Waals surface area contributed by atoms with E-state index in [1.807, 2.05) is 0 Å². The van der Waals surface area contributed by atoms with Gasteiger partial charge in [0, 0.05) is 24.1 Å². The molecule has 0 unspecified atom stereocenters. The minimum atomic E-state index is -3.83. The predicted octanol–water partition coefficient (Wildman–Crippen LogP) is 1.06. The number of thiazole rings is 1. The number of hydrogen-bond acceptors (Lipinski definition) is 6. The first-order valence-corrected chi connectivity index (χ1v) is 8.13. The van der Waals surface area contributed by atoms with E-state index in [1.54, 1.807) is 25.1 Å². The lowest BCUT2D eigenvalue weighted by Crippen LogP contribution is -2.37. The molecule has 1 heterocycles. The molecule has 0 aliphatic rings. The van der Waals surface area contributed by atoms with Crippen molar-refractivity contribution in [2.75, 3.05) is 11.0 Å². The normalized spacial score (nSPS) is 11.6. The first-order valence-electron chi connectivity index (χ1n) is 5.88. The third-order valence-electron chi connectivity index (χ3n) is 2.72. The van der Waals surface area contributed by atoms with Crippen LogP contribution in [0, 0.1) is 6.92 Å². The van der Waals surface area contributed by atoms with Gasteiger partial charge in [0.25, 0.3) is 10.0 Å². The second-order valence-corrected chi connectivity index (χ2v) is 7.03. The summed E-state index contributed by atoms with van der Waals surface area (Å²) in [7, 11) is -3.83. The molecule has 0 saturated carbocycles. The fourth-order valence-electron chi connectivity index (χ4n) is 1.68. The summed E-state index contributed by atoms with van der Waals surface area (Å²) in [5, 5.41) is 9.04. The van der Waals surface area contributed by atoms with Crippen LogP contribution in [0.1, 0.15) is 10.4 Å². The van der Waals surface area contributed by atoms with E-state index in [1.165, 1.54) is 12.3 Å². The number of nitrogens with zero attached hydrogens (tertiary/aromatic N) is 2. The molecule has 1 aromatic carbocycles. The minimum absolute atomic E-state index is 0.0171. The summed E-state index contributed by atoms with van der Waals surface area (Å²) < 4.78 is 25.6. The largest absolute Gasteiger partial charge is 0.396 e. The lowest BCUT2D eigenvalue weighted by molar-refractivity contribution is 0.300. The summed E-state index contributed by atoms with van der Waals surface area (Å²) in [6, 6.07) is 6.62. The Morgan fingerprint density at radius 2 is 2.10 bits per heavy atom. The molecular formula is C12H15N3O3S2. The van der Waals surface area contributed by atoms with Crippen molar-refractivity contribution in [2.45, 2.75) is 18.2 Å². The Morgan fingerprint density at radius 3 is 2.75 bits per heavy atom. The smallest absolute Gasteiger partial charge is 0.279 e. The van der Waals surface area contributed by atoms with Crippen molar-refractivity contribution in [3.63, 3.8) is 0 Å². The van der Waals surface area contributed by atoms with E-state index < -0.39 is 10.0 Å². The molecule has 2 aromatic rings. The van der Waals surface area contributed by atoms with Crippen LogP contribution in [0.2, 0.25) is 0 Å². The van der Waals surface area contributed by atoms with E-state index in [0.29, 0.717) is 16.4 Å². The number of aryl methyl sites for hydroxylation is 1. The number of aliphatic hydroxyl groups excluding tert-OH is 1. The van der Waals surface area contributed by atoms with Crippen LogP contribution in [0.3, 0.4) is 0 Å². The molecule has 0 saturated heterocycles. The van der Waals surface area contributed by atoms with Gasteiger partial charge in [-0.1, -0.05) is 29.5 Å². The van der Waals surface area contributed by atoms with Crippen LogP contribution >= 0.6 is 11.3 Å². The highest BCUT2D eigenvalue weighted by molar-refractivity contribution is 7.93. The van der Waals surface area contributed by atoms with Crippen molar-refractivity contribution in [3.05, 3.63) is 40.9 Å². The second-order valence-electron chi connectivity index (χ2n) is 4.15. The van der Waals surface area contributed by atoms with Crippen LogP contribution in [0.5, 0.6) is 0 Å². The zero-order valence-electron chi connectivity index (χ0n) is 10.9. The van der Waals surface area contributed by atoms with Crippen molar-refractivity contribution in [1.82, 2.24) is 4.98 Å². The number of aromatic nitrogens is 1. The van der Waals surface area contributed by atoms with Crippen molar-refractivity contribution in [2.24, 2.45) is 5.84 Å². The number of nitrogens with two attached hydrogens (primary N) is 1. The average molecular weight is 313 g/mol. The van der Waals surface area contributed by atoms with E-state index in [2.05, 4.69) is 4.98 Å². The lowest BCUT2D eigenvalue weighted by Gasteiger charge is -2.16. The number of sulfonamides is 1. The van der Waals surface area contributed by atoms with Gasteiger partial charge in [0.1, 0.15) is 0 Å². The van der Waals surface area contributed by atoms with Crippen molar-refractivity contribution < 1.29 is 13.5 Å². The summed E-state index contributed by atoms with van der Waals surface area (Å²) in [5.41, 5.74) is 0.620. The van der Waals surface area contributed by atoms with Gasteiger partial charge in [-0.05, 0) is 18.6 Å². The summed E-state index contributed by atoms with van der Waals surface area (Å²) in [5.74, 6) is 5.71. The van der Waals surface area contributed by atoms with Crippen molar-refractivity contribution >= 4 is 26.5 Å². The molecular weight excluding hydrogens is 298 g/mol. The van der Waals surface area contributed by atoms with E-state index in [-0.39, 0.29) is 16.6 Å². The summed E-state index contributed by atoms with van der Waals surface area (Å²) >= 11 is 1.14. The summed E-state index contributed by atoms with van der Waals surface area (Å²) in [6.45, 7) is 1.69. The molecule has 0 amide bonds. The third-order valence-corrected chi connectivity index (χ3v) is 5.60.